The van der Waals surface area contributed by atoms with Crippen molar-refractivity contribution in [2.24, 2.45) is 5.92 Å². The van der Waals surface area contributed by atoms with Gasteiger partial charge in [-0.05, 0) is 37.1 Å². The number of amides is 2. The number of benzene rings is 1. The maximum atomic E-state index is 12.6. The number of nitrogens with one attached hydrogen (secondary N) is 2. The van der Waals surface area contributed by atoms with E-state index in [0.717, 1.165) is 12.1 Å². The Hall–Kier alpha value is -1.92. The molecule has 1 aromatic heterocycles. The third-order valence-corrected chi connectivity index (χ3v) is 4.87. The molecule has 2 unspecified atom stereocenters. The number of halogens is 1. The maximum absolute atomic E-state index is 12.6. The van der Waals surface area contributed by atoms with E-state index in [9.17, 15) is 9.59 Å². The van der Waals surface area contributed by atoms with Crippen molar-refractivity contribution in [2.75, 3.05) is 5.32 Å². The van der Waals surface area contributed by atoms with Gasteiger partial charge in [-0.3, -0.25) is 9.59 Å². The molecule has 0 bridgehead atoms. The Morgan fingerprint density at radius 2 is 1.96 bits per heavy atom. The highest BCUT2D eigenvalue weighted by Gasteiger charge is 2.27. The molecule has 0 aliphatic carbocycles. The maximum Gasteiger partial charge on any atom is 0.251 e. The van der Waals surface area contributed by atoms with E-state index in [4.69, 9.17) is 11.6 Å². The monoisotopic (exact) mass is 365 g/mol. The molecule has 2 N–H and O–H groups in total. The molecule has 0 radical (unpaired) electrons. The summed E-state index contributed by atoms with van der Waals surface area (Å²) in [7, 11) is 0. The second kappa shape index (κ2) is 8.26. The van der Waals surface area contributed by atoms with Crippen molar-refractivity contribution in [3.63, 3.8) is 0 Å². The van der Waals surface area contributed by atoms with Crippen LogP contribution in [0.3, 0.4) is 0 Å². The van der Waals surface area contributed by atoms with Crippen molar-refractivity contribution in [1.29, 1.82) is 0 Å². The lowest BCUT2D eigenvalue weighted by Crippen LogP contribution is -2.47. The number of aromatic nitrogens is 1. The summed E-state index contributed by atoms with van der Waals surface area (Å²) in [4.78, 5) is 29.2. The zero-order chi connectivity index (χ0) is 17.7. The Labute approximate surface area is 150 Å². The van der Waals surface area contributed by atoms with Gasteiger partial charge in [-0.1, -0.05) is 31.9 Å². The summed E-state index contributed by atoms with van der Waals surface area (Å²) < 4.78 is 0. The van der Waals surface area contributed by atoms with Gasteiger partial charge in [0.05, 0.1) is 5.69 Å². The summed E-state index contributed by atoms with van der Waals surface area (Å²) in [5.41, 5.74) is 1.31. The van der Waals surface area contributed by atoms with Crippen LogP contribution >= 0.6 is 22.9 Å². The summed E-state index contributed by atoms with van der Waals surface area (Å²) in [5.74, 6) is -0.578. The lowest BCUT2D eigenvalue weighted by Gasteiger charge is -2.23. The molecule has 1 aromatic carbocycles. The average molecular weight is 366 g/mol. The van der Waals surface area contributed by atoms with E-state index < -0.39 is 6.04 Å². The van der Waals surface area contributed by atoms with Crippen LogP contribution in [0.25, 0.3) is 0 Å². The summed E-state index contributed by atoms with van der Waals surface area (Å²) in [6.45, 7) is 5.77. The van der Waals surface area contributed by atoms with Gasteiger partial charge in [0, 0.05) is 16.0 Å². The van der Waals surface area contributed by atoms with Crippen LogP contribution in [0.15, 0.2) is 29.6 Å². The standard InChI is InChI=1S/C17H20ClN3O2S/c1-4-10(2)14(16(23)21-17-19-11(3)9-24-17)20-15(22)12-5-7-13(18)8-6-12/h5-10,14H,4H2,1-3H3,(H,20,22)(H,19,21,23). The van der Waals surface area contributed by atoms with Crippen LogP contribution in [-0.4, -0.2) is 22.8 Å². The summed E-state index contributed by atoms with van der Waals surface area (Å²) in [5, 5.41) is 8.54. The lowest BCUT2D eigenvalue weighted by molar-refractivity contribution is -0.119. The van der Waals surface area contributed by atoms with Crippen LogP contribution in [0.2, 0.25) is 5.02 Å². The van der Waals surface area contributed by atoms with Crippen LogP contribution in [0, 0.1) is 12.8 Å². The number of carbonyl (C=O) groups is 2. The number of anilines is 1. The molecule has 24 heavy (non-hydrogen) atoms. The van der Waals surface area contributed by atoms with Crippen molar-refractivity contribution in [3.8, 4) is 0 Å². The molecule has 2 aromatic rings. The minimum atomic E-state index is -0.637. The third kappa shape index (κ3) is 4.79. The fourth-order valence-electron chi connectivity index (χ4n) is 2.12. The molecule has 2 atom stereocenters. The molecular formula is C17H20ClN3O2S. The number of carbonyl (C=O) groups excluding carboxylic acids is 2. The lowest BCUT2D eigenvalue weighted by atomic mass is 9.98. The van der Waals surface area contributed by atoms with Crippen molar-refractivity contribution >= 4 is 39.9 Å². The van der Waals surface area contributed by atoms with Gasteiger partial charge in [0.15, 0.2) is 5.13 Å². The Morgan fingerprint density at radius 1 is 1.29 bits per heavy atom. The second-order valence-electron chi connectivity index (χ2n) is 5.63. The summed E-state index contributed by atoms with van der Waals surface area (Å²) in [6, 6.07) is 5.92. The molecule has 128 valence electrons. The largest absolute Gasteiger partial charge is 0.340 e. The summed E-state index contributed by atoms with van der Waals surface area (Å²) >= 11 is 7.20. The van der Waals surface area contributed by atoms with E-state index in [1.54, 1.807) is 24.3 Å². The van der Waals surface area contributed by atoms with Gasteiger partial charge in [0.2, 0.25) is 5.91 Å². The summed E-state index contributed by atoms with van der Waals surface area (Å²) in [6.07, 6.45) is 0.760. The number of hydrogen-bond donors (Lipinski definition) is 2. The molecule has 0 spiro atoms. The average Bonchev–Trinajstić information content (AvgIpc) is 2.97. The van der Waals surface area contributed by atoms with Crippen LogP contribution in [0.5, 0.6) is 0 Å². The van der Waals surface area contributed by atoms with Gasteiger partial charge in [-0.2, -0.15) is 0 Å². The Kier molecular flexibility index (Phi) is 6.34. The van der Waals surface area contributed by atoms with Gasteiger partial charge in [-0.25, -0.2) is 4.98 Å². The van der Waals surface area contributed by atoms with E-state index in [1.165, 1.54) is 11.3 Å². The van der Waals surface area contributed by atoms with Crippen molar-refractivity contribution < 1.29 is 9.59 Å². The van der Waals surface area contributed by atoms with Crippen molar-refractivity contribution in [3.05, 3.63) is 45.9 Å². The van der Waals surface area contributed by atoms with Crippen molar-refractivity contribution in [1.82, 2.24) is 10.3 Å². The van der Waals surface area contributed by atoms with Crippen LogP contribution in [0.1, 0.15) is 36.3 Å². The highest BCUT2D eigenvalue weighted by atomic mass is 35.5. The zero-order valence-corrected chi connectivity index (χ0v) is 15.4. The van der Waals surface area contributed by atoms with Crippen molar-refractivity contribution in [2.45, 2.75) is 33.2 Å². The zero-order valence-electron chi connectivity index (χ0n) is 13.8. The fraction of sp³-hybridized carbons (Fsp3) is 0.353. The van der Waals surface area contributed by atoms with Crippen LogP contribution in [-0.2, 0) is 4.79 Å². The molecule has 0 fully saturated rings. The van der Waals surface area contributed by atoms with Gasteiger partial charge in [0.25, 0.3) is 5.91 Å². The predicted octanol–water partition coefficient (Wildman–Crippen LogP) is 3.89. The Morgan fingerprint density at radius 3 is 2.50 bits per heavy atom. The number of aryl methyl sites for hydroxylation is 1. The first kappa shape index (κ1) is 18.4. The van der Waals surface area contributed by atoms with E-state index in [-0.39, 0.29) is 17.7 Å². The number of thiazole rings is 1. The third-order valence-electron chi connectivity index (χ3n) is 3.74. The molecule has 2 amide bonds. The van der Waals surface area contributed by atoms with E-state index >= 15 is 0 Å². The number of nitrogens with zero attached hydrogens (tertiary/aromatic N) is 1. The van der Waals surface area contributed by atoms with Gasteiger partial charge < -0.3 is 10.6 Å². The van der Waals surface area contributed by atoms with E-state index in [0.29, 0.717) is 15.7 Å². The topological polar surface area (TPSA) is 71.1 Å². The van der Waals surface area contributed by atoms with Crippen LogP contribution < -0.4 is 10.6 Å². The molecule has 5 nitrogen and oxygen atoms in total. The van der Waals surface area contributed by atoms with Gasteiger partial charge >= 0.3 is 0 Å². The predicted molar refractivity (Wildman–Crippen MR) is 97.6 cm³/mol. The highest BCUT2D eigenvalue weighted by molar-refractivity contribution is 7.13. The second-order valence-corrected chi connectivity index (χ2v) is 6.92. The first-order valence-electron chi connectivity index (χ1n) is 7.70. The minimum absolute atomic E-state index is 0.0118. The minimum Gasteiger partial charge on any atom is -0.340 e. The molecule has 0 aliphatic heterocycles. The normalized spacial score (nSPS) is 13.2. The first-order chi connectivity index (χ1) is 11.4. The fourth-order valence-corrected chi connectivity index (χ4v) is 2.94. The van der Waals surface area contributed by atoms with E-state index in [2.05, 4.69) is 15.6 Å². The van der Waals surface area contributed by atoms with Gasteiger partial charge in [-0.15, -0.1) is 11.3 Å². The Balaban J connectivity index is 2.11. The quantitative estimate of drug-likeness (QED) is 0.815. The van der Waals surface area contributed by atoms with E-state index in [1.807, 2.05) is 26.2 Å². The van der Waals surface area contributed by atoms with Crippen LogP contribution in [0.4, 0.5) is 5.13 Å². The molecule has 0 aliphatic rings. The first-order valence-corrected chi connectivity index (χ1v) is 8.96. The molecule has 0 saturated carbocycles. The SMILES string of the molecule is CCC(C)C(NC(=O)c1ccc(Cl)cc1)C(=O)Nc1nc(C)cs1. The molecular weight excluding hydrogens is 346 g/mol. The smallest absolute Gasteiger partial charge is 0.251 e. The number of rotatable bonds is 6. The molecule has 0 saturated heterocycles. The molecule has 7 heteroatoms. The highest BCUT2D eigenvalue weighted by Crippen LogP contribution is 2.17. The molecule has 1 heterocycles. The molecule has 2 rings (SSSR count). The Bertz CT molecular complexity index is 715. The van der Waals surface area contributed by atoms with Gasteiger partial charge in [0.1, 0.15) is 6.04 Å². The number of hydrogen-bond acceptors (Lipinski definition) is 4.